The predicted molar refractivity (Wildman–Crippen MR) is 83.1 cm³/mol. The lowest BCUT2D eigenvalue weighted by Gasteiger charge is -2.07. The number of aryl methyl sites for hydroxylation is 1. The Balaban J connectivity index is 1.85. The Morgan fingerprint density at radius 3 is 3.05 bits per heavy atom. The summed E-state index contributed by atoms with van der Waals surface area (Å²) in [6.45, 7) is 2.69. The molecule has 2 heterocycles. The molecule has 0 aliphatic rings. The van der Waals surface area contributed by atoms with Gasteiger partial charge in [-0.3, -0.25) is 9.78 Å². The van der Waals surface area contributed by atoms with E-state index in [4.69, 9.17) is 5.73 Å². The first-order valence-electron chi connectivity index (χ1n) is 6.70. The normalized spacial score (nSPS) is 10.7. The molecule has 0 spiro atoms. The van der Waals surface area contributed by atoms with Gasteiger partial charge in [0, 0.05) is 52.3 Å². The average molecular weight is 280 g/mol. The third-order valence-corrected chi connectivity index (χ3v) is 3.54. The van der Waals surface area contributed by atoms with Crippen LogP contribution in [0.15, 0.2) is 42.7 Å². The van der Waals surface area contributed by atoms with Gasteiger partial charge in [0.2, 0.25) is 5.91 Å². The van der Waals surface area contributed by atoms with E-state index < -0.39 is 5.91 Å². The molecule has 0 fully saturated rings. The molecule has 0 atom stereocenters. The molecule has 1 aromatic carbocycles. The van der Waals surface area contributed by atoms with Gasteiger partial charge in [0.15, 0.2) is 0 Å². The number of benzene rings is 1. The molecule has 21 heavy (non-hydrogen) atoms. The number of pyridine rings is 1. The zero-order chi connectivity index (χ0) is 14.8. The first kappa shape index (κ1) is 13.2. The van der Waals surface area contributed by atoms with Crippen molar-refractivity contribution >= 4 is 22.5 Å². The number of aromatic amines is 1. The van der Waals surface area contributed by atoms with Crippen molar-refractivity contribution in [2.45, 2.75) is 13.5 Å². The van der Waals surface area contributed by atoms with Crippen molar-refractivity contribution in [3.8, 4) is 0 Å². The van der Waals surface area contributed by atoms with Crippen LogP contribution in [0.4, 0.5) is 5.69 Å². The smallest absolute Gasteiger partial charge is 0.248 e. The largest absolute Gasteiger partial charge is 0.381 e. The number of H-pyrrole nitrogens is 1. The van der Waals surface area contributed by atoms with Crippen LogP contribution in [0.1, 0.15) is 21.6 Å². The second kappa shape index (κ2) is 5.28. The van der Waals surface area contributed by atoms with Gasteiger partial charge in [0.05, 0.1) is 0 Å². The average Bonchev–Trinajstić information content (AvgIpc) is 2.81. The van der Waals surface area contributed by atoms with Crippen LogP contribution in [0.2, 0.25) is 0 Å². The molecule has 1 amide bonds. The first-order chi connectivity index (χ1) is 10.1. The third-order valence-electron chi connectivity index (χ3n) is 3.54. The molecule has 4 N–H and O–H groups in total. The van der Waals surface area contributed by atoms with Gasteiger partial charge >= 0.3 is 0 Å². The summed E-state index contributed by atoms with van der Waals surface area (Å²) in [4.78, 5) is 18.7. The van der Waals surface area contributed by atoms with Crippen molar-refractivity contribution in [1.29, 1.82) is 0 Å². The summed E-state index contributed by atoms with van der Waals surface area (Å²) in [5.41, 5.74) is 10.0. The van der Waals surface area contributed by atoms with E-state index in [0.717, 1.165) is 22.3 Å². The van der Waals surface area contributed by atoms with Crippen molar-refractivity contribution in [2.24, 2.45) is 5.73 Å². The SMILES string of the molecule is Cc1[nH]c2ccncc2c1CNc1cccc(C(N)=O)c1. The van der Waals surface area contributed by atoms with Gasteiger partial charge in [-0.2, -0.15) is 0 Å². The zero-order valence-electron chi connectivity index (χ0n) is 11.7. The maximum absolute atomic E-state index is 11.2. The molecule has 3 rings (SSSR count). The van der Waals surface area contributed by atoms with Gasteiger partial charge in [0.25, 0.3) is 0 Å². The molecule has 5 heteroatoms. The number of anilines is 1. The summed E-state index contributed by atoms with van der Waals surface area (Å²) in [5.74, 6) is -0.425. The second-order valence-electron chi connectivity index (χ2n) is 4.95. The van der Waals surface area contributed by atoms with E-state index in [1.165, 1.54) is 5.56 Å². The summed E-state index contributed by atoms with van der Waals surface area (Å²) >= 11 is 0. The minimum atomic E-state index is -0.425. The summed E-state index contributed by atoms with van der Waals surface area (Å²) < 4.78 is 0. The lowest BCUT2D eigenvalue weighted by Crippen LogP contribution is -2.11. The van der Waals surface area contributed by atoms with Crippen LogP contribution < -0.4 is 11.1 Å². The molecule has 0 saturated heterocycles. The summed E-state index contributed by atoms with van der Waals surface area (Å²) in [7, 11) is 0. The van der Waals surface area contributed by atoms with E-state index >= 15 is 0 Å². The maximum Gasteiger partial charge on any atom is 0.248 e. The van der Waals surface area contributed by atoms with Crippen LogP contribution in [-0.4, -0.2) is 15.9 Å². The number of nitrogens with two attached hydrogens (primary N) is 1. The number of nitrogens with zero attached hydrogens (tertiary/aromatic N) is 1. The number of aromatic nitrogens is 2. The summed E-state index contributed by atoms with van der Waals surface area (Å²) in [6.07, 6.45) is 3.63. The Morgan fingerprint density at radius 1 is 1.38 bits per heavy atom. The quantitative estimate of drug-likeness (QED) is 0.686. The highest BCUT2D eigenvalue weighted by molar-refractivity contribution is 5.93. The lowest BCUT2D eigenvalue weighted by atomic mass is 10.1. The molecule has 0 aliphatic heterocycles. The van der Waals surface area contributed by atoms with E-state index in [2.05, 4.69) is 15.3 Å². The maximum atomic E-state index is 11.2. The van der Waals surface area contributed by atoms with Crippen LogP contribution in [0.5, 0.6) is 0 Å². The van der Waals surface area contributed by atoms with E-state index in [0.29, 0.717) is 12.1 Å². The standard InChI is InChI=1S/C16H16N4O/c1-10-13(14-8-18-6-5-15(14)20-10)9-19-12-4-2-3-11(7-12)16(17)21/h2-8,19-20H,9H2,1H3,(H2,17,21). The van der Waals surface area contributed by atoms with Crippen molar-refractivity contribution in [1.82, 2.24) is 9.97 Å². The third kappa shape index (κ3) is 2.58. The number of hydrogen-bond acceptors (Lipinski definition) is 3. The van der Waals surface area contributed by atoms with Crippen molar-refractivity contribution in [3.63, 3.8) is 0 Å². The van der Waals surface area contributed by atoms with Crippen LogP contribution in [0.3, 0.4) is 0 Å². The summed E-state index contributed by atoms with van der Waals surface area (Å²) in [6, 6.07) is 9.14. The Labute approximate surface area is 122 Å². The molecular weight excluding hydrogens is 264 g/mol. The molecule has 0 radical (unpaired) electrons. The van der Waals surface area contributed by atoms with Gasteiger partial charge in [0.1, 0.15) is 0 Å². The fourth-order valence-electron chi connectivity index (χ4n) is 2.42. The van der Waals surface area contributed by atoms with Gasteiger partial charge in [-0.15, -0.1) is 0 Å². The predicted octanol–water partition coefficient (Wildman–Crippen LogP) is 2.58. The van der Waals surface area contributed by atoms with E-state index in [1.807, 2.05) is 31.3 Å². The van der Waals surface area contributed by atoms with Gasteiger partial charge < -0.3 is 16.0 Å². The highest BCUT2D eigenvalue weighted by Gasteiger charge is 2.08. The number of nitrogens with one attached hydrogen (secondary N) is 2. The number of amides is 1. The Kier molecular flexibility index (Phi) is 3.31. The van der Waals surface area contributed by atoms with Crippen molar-refractivity contribution in [3.05, 3.63) is 59.5 Å². The topological polar surface area (TPSA) is 83.8 Å². The van der Waals surface area contributed by atoms with Crippen LogP contribution >= 0.6 is 0 Å². The monoisotopic (exact) mass is 280 g/mol. The van der Waals surface area contributed by atoms with Crippen LogP contribution in [0, 0.1) is 6.92 Å². The molecule has 0 aliphatic carbocycles. The molecular formula is C16H16N4O. The van der Waals surface area contributed by atoms with Gasteiger partial charge in [-0.1, -0.05) is 6.07 Å². The molecule has 106 valence electrons. The fourth-order valence-corrected chi connectivity index (χ4v) is 2.42. The Hall–Kier alpha value is -2.82. The number of rotatable bonds is 4. The van der Waals surface area contributed by atoms with E-state index in [9.17, 15) is 4.79 Å². The van der Waals surface area contributed by atoms with Crippen LogP contribution in [-0.2, 0) is 6.54 Å². The highest BCUT2D eigenvalue weighted by Crippen LogP contribution is 2.22. The number of carbonyl (C=O) groups is 1. The van der Waals surface area contributed by atoms with E-state index in [-0.39, 0.29) is 0 Å². The lowest BCUT2D eigenvalue weighted by molar-refractivity contribution is 0.100. The minimum Gasteiger partial charge on any atom is -0.381 e. The molecule has 0 bridgehead atoms. The van der Waals surface area contributed by atoms with E-state index in [1.54, 1.807) is 18.3 Å². The minimum absolute atomic E-state index is 0.425. The Bertz CT molecular complexity index is 807. The molecule has 5 nitrogen and oxygen atoms in total. The molecule has 3 aromatic rings. The van der Waals surface area contributed by atoms with Gasteiger partial charge in [-0.05, 0) is 31.2 Å². The number of hydrogen-bond donors (Lipinski definition) is 3. The number of fused-ring (bicyclic) bond motifs is 1. The zero-order valence-corrected chi connectivity index (χ0v) is 11.7. The highest BCUT2D eigenvalue weighted by atomic mass is 16.1. The van der Waals surface area contributed by atoms with Crippen molar-refractivity contribution < 1.29 is 4.79 Å². The van der Waals surface area contributed by atoms with Gasteiger partial charge in [-0.25, -0.2) is 0 Å². The van der Waals surface area contributed by atoms with Crippen LogP contribution in [0.25, 0.3) is 10.9 Å². The fraction of sp³-hybridized carbons (Fsp3) is 0.125. The van der Waals surface area contributed by atoms with Crippen molar-refractivity contribution in [2.75, 3.05) is 5.32 Å². The number of primary amides is 1. The molecule has 0 saturated carbocycles. The second-order valence-corrected chi connectivity index (χ2v) is 4.95. The summed E-state index contributed by atoms with van der Waals surface area (Å²) in [5, 5.41) is 4.42. The first-order valence-corrected chi connectivity index (χ1v) is 6.70. The Morgan fingerprint density at radius 2 is 2.24 bits per heavy atom. The molecule has 0 unspecified atom stereocenters. The number of carbonyl (C=O) groups excluding carboxylic acids is 1. The molecule has 2 aromatic heterocycles.